The number of benzene rings is 1. The van der Waals surface area contributed by atoms with Crippen LogP contribution in [0.1, 0.15) is 49.5 Å². The Morgan fingerprint density at radius 2 is 1.63 bits per heavy atom. The molecular weight excluding hydrogens is 352 g/mol. The second-order valence-corrected chi connectivity index (χ2v) is 5.81. The molecule has 0 heterocycles. The maximum Gasteiger partial charge on any atom is 0.414 e. The molecule has 8 heteroatoms. The number of aryl methyl sites for hydroxylation is 1. The molecule has 1 amide bonds. The number of unbranched alkanes of at least 4 members (excludes halogenated alkanes) is 1. The zero-order valence-corrected chi connectivity index (χ0v) is 16.2. The molecule has 8 nitrogen and oxygen atoms in total. The lowest BCUT2D eigenvalue weighted by atomic mass is 10.0. The van der Waals surface area contributed by atoms with Crippen molar-refractivity contribution >= 4 is 17.8 Å². The fraction of sp³-hybridized carbons (Fsp3) is 0.526. The number of aliphatic carboxylic acids is 2. The quantitative estimate of drug-likeness (QED) is 0.481. The summed E-state index contributed by atoms with van der Waals surface area (Å²) >= 11 is 0. The molecule has 0 fully saturated rings. The maximum atomic E-state index is 12.2. The molecule has 0 spiro atoms. The van der Waals surface area contributed by atoms with E-state index >= 15 is 0 Å². The number of carboxylic acids is 2. The van der Waals surface area contributed by atoms with Crippen molar-refractivity contribution in [3.05, 3.63) is 29.3 Å². The van der Waals surface area contributed by atoms with Gasteiger partial charge in [-0.2, -0.15) is 0 Å². The van der Waals surface area contributed by atoms with Gasteiger partial charge in [0.2, 0.25) is 0 Å². The van der Waals surface area contributed by atoms with Crippen LogP contribution >= 0.6 is 0 Å². The van der Waals surface area contributed by atoms with E-state index < -0.39 is 11.9 Å². The molecule has 0 saturated heterocycles. The molecule has 1 rings (SSSR count). The molecule has 0 bridgehead atoms. The van der Waals surface area contributed by atoms with Gasteiger partial charge >= 0.3 is 11.9 Å². The van der Waals surface area contributed by atoms with Gasteiger partial charge < -0.3 is 25.5 Å². The number of phenolic OH excluding ortho intramolecular Hbond substituents is 1. The van der Waals surface area contributed by atoms with Gasteiger partial charge in [0.25, 0.3) is 5.91 Å². The minimum atomic E-state index is -1.82. The second-order valence-electron chi connectivity index (χ2n) is 5.81. The normalized spacial score (nSPS) is 10.1. The Bertz CT molecular complexity index is 602. The van der Waals surface area contributed by atoms with Crippen molar-refractivity contribution in [2.24, 2.45) is 0 Å². The predicted octanol–water partition coefficient (Wildman–Crippen LogP) is 1.96. The summed E-state index contributed by atoms with van der Waals surface area (Å²) < 4.78 is 0. The number of phenols is 1. The molecule has 0 unspecified atom stereocenters. The van der Waals surface area contributed by atoms with Crippen molar-refractivity contribution < 1.29 is 29.7 Å². The summed E-state index contributed by atoms with van der Waals surface area (Å²) in [5.41, 5.74) is 1.23. The van der Waals surface area contributed by atoms with E-state index in [0.29, 0.717) is 12.1 Å². The zero-order valence-electron chi connectivity index (χ0n) is 16.2. The molecule has 0 aliphatic heterocycles. The molecule has 152 valence electrons. The Morgan fingerprint density at radius 1 is 1.04 bits per heavy atom. The molecule has 0 aliphatic rings. The lowest BCUT2D eigenvalue weighted by molar-refractivity contribution is -0.159. The van der Waals surface area contributed by atoms with Crippen LogP contribution in [0.3, 0.4) is 0 Å². The third kappa shape index (κ3) is 9.60. The van der Waals surface area contributed by atoms with E-state index in [4.69, 9.17) is 19.8 Å². The Hall–Kier alpha value is -2.61. The minimum absolute atomic E-state index is 0.131. The van der Waals surface area contributed by atoms with Crippen LogP contribution in [-0.4, -0.2) is 64.2 Å². The molecular formula is C19H30N2O6. The smallest absolute Gasteiger partial charge is 0.414 e. The van der Waals surface area contributed by atoms with Gasteiger partial charge in [-0.15, -0.1) is 0 Å². The van der Waals surface area contributed by atoms with Crippen molar-refractivity contribution in [1.82, 2.24) is 10.2 Å². The third-order valence-corrected chi connectivity index (χ3v) is 3.95. The van der Waals surface area contributed by atoms with Gasteiger partial charge in [0.05, 0.1) is 5.56 Å². The van der Waals surface area contributed by atoms with Gasteiger partial charge in [-0.05, 0) is 37.6 Å². The molecule has 4 N–H and O–H groups in total. The number of hydrogen-bond acceptors (Lipinski definition) is 5. The van der Waals surface area contributed by atoms with Gasteiger partial charge in [-0.1, -0.05) is 39.3 Å². The Kier molecular flexibility index (Phi) is 12.3. The first kappa shape index (κ1) is 24.4. The first-order chi connectivity index (χ1) is 12.8. The van der Waals surface area contributed by atoms with Crippen molar-refractivity contribution in [2.75, 3.05) is 26.2 Å². The highest BCUT2D eigenvalue weighted by Crippen LogP contribution is 2.23. The average Bonchev–Trinajstić information content (AvgIpc) is 2.64. The number of aromatic hydroxyl groups is 1. The van der Waals surface area contributed by atoms with E-state index in [9.17, 15) is 9.90 Å². The van der Waals surface area contributed by atoms with E-state index in [2.05, 4.69) is 31.0 Å². The van der Waals surface area contributed by atoms with Gasteiger partial charge in [0.15, 0.2) is 0 Å². The standard InChI is InChI=1S/C17H28N2O2.C2H2O4/c1-4-7-9-14-10-8-11-15(16(14)20)17(21)18-12-13-19(5-2)6-3;3-1(4)2(5)6/h8,10-11,20H,4-7,9,12-13H2,1-3H3,(H,18,21);(H,3,4)(H,5,6). The summed E-state index contributed by atoms with van der Waals surface area (Å²) in [6, 6.07) is 5.40. The molecule has 0 aliphatic carbocycles. The Labute approximate surface area is 159 Å². The number of carbonyl (C=O) groups excluding carboxylic acids is 1. The highest BCUT2D eigenvalue weighted by Gasteiger charge is 2.13. The summed E-state index contributed by atoms with van der Waals surface area (Å²) in [7, 11) is 0. The van der Waals surface area contributed by atoms with Crippen LogP contribution < -0.4 is 5.32 Å². The second kappa shape index (κ2) is 13.6. The van der Waals surface area contributed by atoms with Crippen LogP contribution in [0.4, 0.5) is 0 Å². The number of carboxylic acid groups (broad SMARTS) is 2. The fourth-order valence-electron chi connectivity index (χ4n) is 2.31. The van der Waals surface area contributed by atoms with Crippen LogP contribution in [0.5, 0.6) is 5.75 Å². The largest absolute Gasteiger partial charge is 0.507 e. The summed E-state index contributed by atoms with van der Waals surface area (Å²) in [6.07, 6.45) is 2.89. The lowest BCUT2D eigenvalue weighted by Crippen LogP contribution is -2.34. The lowest BCUT2D eigenvalue weighted by Gasteiger charge is -2.18. The van der Waals surface area contributed by atoms with Crippen molar-refractivity contribution in [3.63, 3.8) is 0 Å². The van der Waals surface area contributed by atoms with Crippen molar-refractivity contribution in [2.45, 2.75) is 40.0 Å². The monoisotopic (exact) mass is 382 g/mol. The molecule has 1 aromatic carbocycles. The van der Waals surface area contributed by atoms with Crippen LogP contribution in [0.15, 0.2) is 18.2 Å². The summed E-state index contributed by atoms with van der Waals surface area (Å²) in [6.45, 7) is 9.70. The molecule has 0 aromatic heterocycles. The van der Waals surface area contributed by atoms with Crippen molar-refractivity contribution in [1.29, 1.82) is 0 Å². The van der Waals surface area contributed by atoms with Crippen LogP contribution in [0.2, 0.25) is 0 Å². The number of nitrogens with one attached hydrogen (secondary N) is 1. The molecule has 1 aromatic rings. The topological polar surface area (TPSA) is 127 Å². The van der Waals surface area contributed by atoms with Gasteiger partial charge in [0.1, 0.15) is 5.75 Å². The molecule has 0 atom stereocenters. The van der Waals surface area contributed by atoms with Crippen molar-refractivity contribution in [3.8, 4) is 5.75 Å². The summed E-state index contributed by atoms with van der Waals surface area (Å²) in [5, 5.41) is 27.9. The summed E-state index contributed by atoms with van der Waals surface area (Å²) in [5.74, 6) is -3.71. The number of para-hydroxylation sites is 1. The number of likely N-dealkylation sites (N-methyl/N-ethyl adjacent to an activating group) is 1. The third-order valence-electron chi connectivity index (χ3n) is 3.95. The number of amides is 1. The SMILES string of the molecule is CCCCc1cccc(C(=O)NCCN(CC)CC)c1O.O=C(O)C(=O)O. The van der Waals surface area contributed by atoms with E-state index in [1.54, 1.807) is 6.07 Å². The van der Waals surface area contributed by atoms with Gasteiger partial charge in [-0.3, -0.25) is 4.79 Å². The Morgan fingerprint density at radius 3 is 2.11 bits per heavy atom. The van der Waals surface area contributed by atoms with Crippen LogP contribution in [0.25, 0.3) is 0 Å². The Balaban J connectivity index is 0.000000972. The van der Waals surface area contributed by atoms with E-state index in [-0.39, 0.29) is 11.7 Å². The highest BCUT2D eigenvalue weighted by molar-refractivity contribution is 6.27. The summed E-state index contributed by atoms with van der Waals surface area (Å²) in [4.78, 5) is 32.6. The molecule has 0 radical (unpaired) electrons. The first-order valence-electron chi connectivity index (χ1n) is 9.05. The van der Waals surface area contributed by atoms with Gasteiger partial charge in [0, 0.05) is 13.1 Å². The molecule has 0 saturated carbocycles. The minimum Gasteiger partial charge on any atom is -0.507 e. The average molecular weight is 382 g/mol. The number of hydrogen-bond donors (Lipinski definition) is 4. The van der Waals surface area contributed by atoms with E-state index in [0.717, 1.165) is 44.5 Å². The number of carbonyl (C=O) groups is 3. The maximum absolute atomic E-state index is 12.2. The molecule has 27 heavy (non-hydrogen) atoms. The zero-order chi connectivity index (χ0) is 20.8. The fourth-order valence-corrected chi connectivity index (χ4v) is 2.31. The van der Waals surface area contributed by atoms with Crippen LogP contribution in [0, 0.1) is 0 Å². The van der Waals surface area contributed by atoms with Gasteiger partial charge in [-0.25, -0.2) is 9.59 Å². The first-order valence-corrected chi connectivity index (χ1v) is 9.05. The number of nitrogens with zero attached hydrogens (tertiary/aromatic N) is 1. The number of rotatable bonds is 9. The van der Waals surface area contributed by atoms with E-state index in [1.165, 1.54) is 0 Å². The van der Waals surface area contributed by atoms with E-state index in [1.807, 2.05) is 12.1 Å². The predicted molar refractivity (Wildman–Crippen MR) is 102 cm³/mol. The highest BCUT2D eigenvalue weighted by atomic mass is 16.4. The van der Waals surface area contributed by atoms with Crippen LogP contribution in [-0.2, 0) is 16.0 Å².